The summed E-state index contributed by atoms with van der Waals surface area (Å²) in [4.78, 5) is 36.7. The molecule has 0 atom stereocenters. The molecule has 1 saturated heterocycles. The lowest BCUT2D eigenvalue weighted by Crippen LogP contribution is -2.46. The van der Waals surface area contributed by atoms with Gasteiger partial charge in [0.05, 0.1) is 13.2 Å². The first-order valence-corrected chi connectivity index (χ1v) is 5.65. The highest BCUT2D eigenvalue weighted by Crippen LogP contribution is 2.15. The smallest absolute Gasteiger partial charge is 0.332 e. The van der Waals surface area contributed by atoms with Crippen molar-refractivity contribution in [2.45, 2.75) is 0 Å². The van der Waals surface area contributed by atoms with Crippen LogP contribution in [0.25, 0.3) is 0 Å². The normalized spacial score (nSPS) is 15.8. The van der Waals surface area contributed by atoms with Crippen LogP contribution >= 0.6 is 0 Å². The molecule has 18 heavy (non-hydrogen) atoms. The Morgan fingerprint density at radius 2 is 1.72 bits per heavy atom. The zero-order valence-electron chi connectivity index (χ0n) is 10.4. The molecule has 1 aromatic heterocycles. The summed E-state index contributed by atoms with van der Waals surface area (Å²) in [6, 6.07) is 0. The first-order valence-electron chi connectivity index (χ1n) is 5.65. The van der Waals surface area contributed by atoms with Crippen molar-refractivity contribution in [3.05, 3.63) is 26.4 Å². The first-order chi connectivity index (χ1) is 8.57. The van der Waals surface area contributed by atoms with Crippen molar-refractivity contribution in [2.24, 2.45) is 14.1 Å². The monoisotopic (exact) mass is 253 g/mol. The van der Waals surface area contributed by atoms with E-state index in [2.05, 4.69) is 0 Å². The third-order valence-electron chi connectivity index (χ3n) is 3.10. The van der Waals surface area contributed by atoms with Crippen molar-refractivity contribution < 1.29 is 9.53 Å². The second kappa shape index (κ2) is 4.77. The Morgan fingerprint density at radius 1 is 1.11 bits per heavy atom. The van der Waals surface area contributed by atoms with E-state index >= 15 is 0 Å². The molecular formula is C11H15N3O4. The number of carbonyl (C=O) groups is 1. The molecule has 1 aromatic rings. The highest BCUT2D eigenvalue weighted by Gasteiger charge is 2.21. The summed E-state index contributed by atoms with van der Waals surface area (Å²) >= 11 is 0. The number of hydrogen-bond donors (Lipinski definition) is 0. The molecule has 1 fully saturated rings. The van der Waals surface area contributed by atoms with Crippen LogP contribution in [0.5, 0.6) is 0 Å². The summed E-state index contributed by atoms with van der Waals surface area (Å²) < 4.78 is 7.49. The molecule has 2 heterocycles. The van der Waals surface area contributed by atoms with Gasteiger partial charge < -0.3 is 9.64 Å². The van der Waals surface area contributed by atoms with E-state index in [0.717, 1.165) is 4.57 Å². The molecule has 0 aromatic carbocycles. The van der Waals surface area contributed by atoms with Gasteiger partial charge in [-0.1, -0.05) is 0 Å². The van der Waals surface area contributed by atoms with Gasteiger partial charge in [-0.15, -0.1) is 0 Å². The fraction of sp³-hybridized carbons (Fsp3) is 0.545. The quantitative estimate of drug-likeness (QED) is 0.615. The maximum atomic E-state index is 11.9. The molecule has 98 valence electrons. The van der Waals surface area contributed by atoms with Crippen LogP contribution in [0.3, 0.4) is 0 Å². The number of aldehydes is 1. The Morgan fingerprint density at radius 3 is 2.28 bits per heavy atom. The van der Waals surface area contributed by atoms with E-state index in [1.54, 1.807) is 7.05 Å². The van der Waals surface area contributed by atoms with E-state index in [1.807, 2.05) is 4.90 Å². The lowest BCUT2D eigenvalue weighted by atomic mass is 10.2. The van der Waals surface area contributed by atoms with Crippen molar-refractivity contribution in [1.82, 2.24) is 9.13 Å². The van der Waals surface area contributed by atoms with Crippen molar-refractivity contribution in [3.63, 3.8) is 0 Å². The number of morpholine rings is 1. The zero-order chi connectivity index (χ0) is 13.3. The molecular weight excluding hydrogens is 238 g/mol. The van der Waals surface area contributed by atoms with Gasteiger partial charge in [-0.2, -0.15) is 0 Å². The molecule has 0 amide bonds. The number of nitrogens with zero attached hydrogens (tertiary/aromatic N) is 3. The number of carbonyl (C=O) groups excluding carboxylic acids is 1. The third kappa shape index (κ3) is 1.86. The highest BCUT2D eigenvalue weighted by molar-refractivity contribution is 5.82. The largest absolute Gasteiger partial charge is 0.378 e. The van der Waals surface area contributed by atoms with E-state index in [4.69, 9.17) is 4.74 Å². The minimum Gasteiger partial charge on any atom is -0.378 e. The summed E-state index contributed by atoms with van der Waals surface area (Å²) in [6.07, 6.45) is 0.507. The average molecular weight is 253 g/mol. The van der Waals surface area contributed by atoms with Gasteiger partial charge >= 0.3 is 5.69 Å². The topological polar surface area (TPSA) is 73.5 Å². The molecule has 0 aliphatic carbocycles. The number of hydrogen-bond acceptors (Lipinski definition) is 5. The van der Waals surface area contributed by atoms with Gasteiger partial charge in [0.25, 0.3) is 5.56 Å². The molecule has 0 spiro atoms. The van der Waals surface area contributed by atoms with Crippen molar-refractivity contribution in [2.75, 3.05) is 31.2 Å². The van der Waals surface area contributed by atoms with Gasteiger partial charge in [-0.05, 0) is 0 Å². The predicted molar refractivity (Wildman–Crippen MR) is 65.3 cm³/mol. The molecule has 7 nitrogen and oxygen atoms in total. The van der Waals surface area contributed by atoms with Crippen LogP contribution in [-0.4, -0.2) is 41.7 Å². The van der Waals surface area contributed by atoms with Crippen LogP contribution in [-0.2, 0) is 18.8 Å². The molecule has 0 unspecified atom stereocenters. The van der Waals surface area contributed by atoms with Crippen LogP contribution in [0.2, 0.25) is 0 Å². The van der Waals surface area contributed by atoms with Crippen LogP contribution in [0.1, 0.15) is 10.4 Å². The predicted octanol–water partition coefficient (Wildman–Crippen LogP) is -1.27. The Balaban J connectivity index is 2.68. The van der Waals surface area contributed by atoms with Crippen LogP contribution in [0.4, 0.5) is 5.82 Å². The van der Waals surface area contributed by atoms with Crippen LogP contribution in [0, 0.1) is 0 Å². The van der Waals surface area contributed by atoms with Gasteiger partial charge in [-0.25, -0.2) is 4.79 Å². The summed E-state index contributed by atoms with van der Waals surface area (Å²) in [5.41, 5.74) is -0.983. The lowest BCUT2D eigenvalue weighted by Gasteiger charge is -2.30. The molecule has 0 radical (unpaired) electrons. The van der Waals surface area contributed by atoms with E-state index in [0.29, 0.717) is 38.4 Å². The molecule has 2 rings (SSSR count). The Kier molecular flexibility index (Phi) is 3.33. The van der Waals surface area contributed by atoms with Crippen LogP contribution < -0.4 is 16.1 Å². The Hall–Kier alpha value is -1.89. The summed E-state index contributed by atoms with van der Waals surface area (Å²) in [6.45, 7) is 2.14. The summed E-state index contributed by atoms with van der Waals surface area (Å²) in [7, 11) is 2.92. The fourth-order valence-corrected chi connectivity index (χ4v) is 2.12. The summed E-state index contributed by atoms with van der Waals surface area (Å²) in [5.74, 6) is 0.376. The molecule has 7 heteroatoms. The Labute approximate surface area is 103 Å². The number of rotatable bonds is 2. The third-order valence-corrected chi connectivity index (χ3v) is 3.10. The maximum absolute atomic E-state index is 11.9. The van der Waals surface area contributed by atoms with Gasteiger partial charge in [0.2, 0.25) is 0 Å². The lowest BCUT2D eigenvalue weighted by molar-refractivity contribution is 0.111. The SMILES string of the molecule is Cn1c(N2CCOCC2)c(C=O)c(=O)n(C)c1=O. The van der Waals surface area contributed by atoms with E-state index in [1.165, 1.54) is 11.6 Å². The van der Waals surface area contributed by atoms with Gasteiger partial charge in [0.15, 0.2) is 6.29 Å². The Bertz CT molecular complexity index is 581. The van der Waals surface area contributed by atoms with Gasteiger partial charge in [0.1, 0.15) is 11.4 Å². The van der Waals surface area contributed by atoms with Crippen molar-refractivity contribution >= 4 is 12.1 Å². The van der Waals surface area contributed by atoms with Crippen molar-refractivity contribution in [3.8, 4) is 0 Å². The van der Waals surface area contributed by atoms with Gasteiger partial charge in [0, 0.05) is 27.2 Å². The molecule has 0 N–H and O–H groups in total. The molecule has 0 bridgehead atoms. The standard InChI is InChI=1S/C11H15N3O4/c1-12-9(14-3-5-18-6-4-14)8(7-15)10(16)13(2)11(12)17/h7H,3-6H2,1-2H3. The van der Waals surface area contributed by atoms with Crippen molar-refractivity contribution in [1.29, 1.82) is 0 Å². The summed E-state index contributed by atoms with van der Waals surface area (Å²) in [5, 5.41) is 0. The number of aromatic nitrogens is 2. The second-order valence-corrected chi connectivity index (χ2v) is 4.16. The minimum atomic E-state index is -0.561. The molecule has 1 aliphatic heterocycles. The van der Waals surface area contributed by atoms with Gasteiger partial charge in [-0.3, -0.25) is 18.7 Å². The van der Waals surface area contributed by atoms with Crippen LogP contribution in [0.15, 0.2) is 9.59 Å². The molecule has 0 saturated carbocycles. The minimum absolute atomic E-state index is 0.0153. The average Bonchev–Trinajstić information content (AvgIpc) is 2.41. The first kappa shape index (κ1) is 12.6. The highest BCUT2D eigenvalue weighted by atomic mass is 16.5. The van der Waals surface area contributed by atoms with E-state index < -0.39 is 11.2 Å². The number of ether oxygens (including phenoxy) is 1. The fourth-order valence-electron chi connectivity index (χ4n) is 2.12. The second-order valence-electron chi connectivity index (χ2n) is 4.16. The number of anilines is 1. The molecule has 1 aliphatic rings. The van der Waals surface area contributed by atoms with E-state index in [-0.39, 0.29) is 5.56 Å². The van der Waals surface area contributed by atoms with E-state index in [9.17, 15) is 14.4 Å². The zero-order valence-corrected chi connectivity index (χ0v) is 10.4. The maximum Gasteiger partial charge on any atom is 0.332 e.